The predicted molar refractivity (Wildman–Crippen MR) is 67.8 cm³/mol. The van der Waals surface area contributed by atoms with Crippen molar-refractivity contribution < 1.29 is 9.53 Å². The SMILES string of the molecule is C=C(Br)CNC(=O)COc1cccc(C)c1. The molecular formula is C12H14BrNO2. The third-order valence-corrected chi connectivity index (χ3v) is 2.12. The van der Waals surface area contributed by atoms with Crippen LogP contribution in [0, 0.1) is 6.92 Å². The summed E-state index contributed by atoms with van der Waals surface area (Å²) in [6, 6.07) is 7.57. The van der Waals surface area contributed by atoms with Gasteiger partial charge in [-0.15, -0.1) is 0 Å². The van der Waals surface area contributed by atoms with E-state index in [2.05, 4.69) is 27.8 Å². The smallest absolute Gasteiger partial charge is 0.258 e. The minimum Gasteiger partial charge on any atom is -0.484 e. The molecule has 4 heteroatoms. The number of hydrogen-bond donors (Lipinski definition) is 1. The molecule has 1 amide bonds. The number of hydrogen-bond acceptors (Lipinski definition) is 2. The number of nitrogens with one attached hydrogen (secondary N) is 1. The molecule has 0 aromatic heterocycles. The van der Waals surface area contributed by atoms with Gasteiger partial charge in [0.25, 0.3) is 5.91 Å². The van der Waals surface area contributed by atoms with E-state index in [9.17, 15) is 4.79 Å². The summed E-state index contributed by atoms with van der Waals surface area (Å²) in [6.07, 6.45) is 0. The molecule has 3 nitrogen and oxygen atoms in total. The van der Waals surface area contributed by atoms with Crippen LogP contribution < -0.4 is 10.1 Å². The molecule has 0 aliphatic carbocycles. The maximum atomic E-state index is 11.3. The first-order chi connectivity index (χ1) is 7.58. The van der Waals surface area contributed by atoms with Gasteiger partial charge in [-0.25, -0.2) is 0 Å². The lowest BCUT2D eigenvalue weighted by molar-refractivity contribution is -0.122. The summed E-state index contributed by atoms with van der Waals surface area (Å²) in [6.45, 7) is 6.02. The number of halogens is 1. The summed E-state index contributed by atoms with van der Waals surface area (Å²) in [5.74, 6) is 0.537. The standard InChI is InChI=1S/C12H14BrNO2/c1-9-4-3-5-11(6-9)16-8-12(15)14-7-10(2)13/h3-6H,2,7-8H2,1H3,(H,14,15). The Morgan fingerprint density at radius 3 is 2.94 bits per heavy atom. The second kappa shape index (κ2) is 6.33. The van der Waals surface area contributed by atoms with Crippen molar-refractivity contribution in [2.75, 3.05) is 13.2 Å². The van der Waals surface area contributed by atoms with E-state index in [-0.39, 0.29) is 12.5 Å². The highest BCUT2D eigenvalue weighted by Crippen LogP contribution is 2.11. The average molecular weight is 284 g/mol. The molecule has 1 aromatic carbocycles. The summed E-state index contributed by atoms with van der Waals surface area (Å²) >= 11 is 3.16. The van der Waals surface area contributed by atoms with Crippen LogP contribution >= 0.6 is 15.9 Å². The van der Waals surface area contributed by atoms with E-state index in [1.54, 1.807) is 0 Å². The molecule has 0 aliphatic heterocycles. The van der Waals surface area contributed by atoms with Crippen molar-refractivity contribution in [3.63, 3.8) is 0 Å². The van der Waals surface area contributed by atoms with Crippen molar-refractivity contribution in [1.82, 2.24) is 5.32 Å². The van der Waals surface area contributed by atoms with Crippen LogP contribution in [0.4, 0.5) is 0 Å². The maximum absolute atomic E-state index is 11.3. The lowest BCUT2D eigenvalue weighted by atomic mass is 10.2. The van der Waals surface area contributed by atoms with Gasteiger partial charge in [0.2, 0.25) is 0 Å². The van der Waals surface area contributed by atoms with Gasteiger partial charge in [0.05, 0.1) is 0 Å². The monoisotopic (exact) mass is 283 g/mol. The molecule has 1 rings (SSSR count). The largest absolute Gasteiger partial charge is 0.484 e. The number of rotatable bonds is 5. The molecule has 1 N–H and O–H groups in total. The van der Waals surface area contributed by atoms with Crippen molar-refractivity contribution in [2.45, 2.75) is 6.92 Å². The average Bonchev–Trinajstić information content (AvgIpc) is 2.23. The zero-order chi connectivity index (χ0) is 12.0. The molecule has 0 unspecified atom stereocenters. The molecule has 0 spiro atoms. The van der Waals surface area contributed by atoms with Crippen molar-refractivity contribution in [1.29, 1.82) is 0 Å². The van der Waals surface area contributed by atoms with Gasteiger partial charge < -0.3 is 10.1 Å². The van der Waals surface area contributed by atoms with Gasteiger partial charge in [0.15, 0.2) is 6.61 Å². The first-order valence-corrected chi connectivity index (χ1v) is 5.66. The molecule has 0 radical (unpaired) electrons. The predicted octanol–water partition coefficient (Wildman–Crippen LogP) is 2.40. The summed E-state index contributed by atoms with van der Waals surface area (Å²) in [5, 5.41) is 2.66. The number of carbonyl (C=O) groups excluding carboxylic acids is 1. The molecule has 0 atom stereocenters. The van der Waals surface area contributed by atoms with Crippen LogP contribution in [0.1, 0.15) is 5.56 Å². The minimum absolute atomic E-state index is 0.0176. The van der Waals surface area contributed by atoms with Gasteiger partial charge in [0, 0.05) is 11.0 Å². The number of benzene rings is 1. The Labute approximate surface area is 104 Å². The van der Waals surface area contributed by atoms with Crippen molar-refractivity contribution in [3.8, 4) is 5.75 Å². The van der Waals surface area contributed by atoms with Crippen molar-refractivity contribution >= 4 is 21.8 Å². The van der Waals surface area contributed by atoms with E-state index in [0.717, 1.165) is 10.0 Å². The second-order valence-electron chi connectivity index (χ2n) is 3.40. The molecule has 86 valence electrons. The third kappa shape index (κ3) is 4.98. The number of ether oxygens (including phenoxy) is 1. The van der Waals surface area contributed by atoms with E-state index in [0.29, 0.717) is 12.3 Å². The number of carbonyl (C=O) groups is 1. The number of amides is 1. The van der Waals surface area contributed by atoms with E-state index in [1.165, 1.54) is 0 Å². The Kier molecular flexibility index (Phi) is 5.05. The zero-order valence-electron chi connectivity index (χ0n) is 9.13. The summed E-state index contributed by atoms with van der Waals surface area (Å²) < 4.78 is 6.06. The Morgan fingerprint density at radius 1 is 1.56 bits per heavy atom. The lowest BCUT2D eigenvalue weighted by Gasteiger charge is -2.07. The molecule has 1 aromatic rings. The van der Waals surface area contributed by atoms with E-state index in [4.69, 9.17) is 4.74 Å². The van der Waals surface area contributed by atoms with Crippen LogP contribution in [-0.4, -0.2) is 19.1 Å². The minimum atomic E-state index is -0.165. The van der Waals surface area contributed by atoms with Crippen molar-refractivity contribution in [2.24, 2.45) is 0 Å². The lowest BCUT2D eigenvalue weighted by Crippen LogP contribution is -2.29. The Morgan fingerprint density at radius 2 is 2.31 bits per heavy atom. The fourth-order valence-corrected chi connectivity index (χ4v) is 1.24. The first kappa shape index (κ1) is 12.8. The number of aryl methyl sites for hydroxylation is 1. The summed E-state index contributed by atoms with van der Waals surface area (Å²) in [7, 11) is 0. The summed E-state index contributed by atoms with van der Waals surface area (Å²) in [5.41, 5.74) is 1.10. The molecule has 0 saturated carbocycles. The van der Waals surface area contributed by atoms with Crippen LogP contribution in [0.25, 0.3) is 0 Å². The van der Waals surface area contributed by atoms with Gasteiger partial charge in [-0.2, -0.15) is 0 Å². The van der Waals surface area contributed by atoms with Crippen LogP contribution in [-0.2, 0) is 4.79 Å². The topological polar surface area (TPSA) is 38.3 Å². The molecule has 16 heavy (non-hydrogen) atoms. The highest BCUT2D eigenvalue weighted by Gasteiger charge is 2.02. The second-order valence-corrected chi connectivity index (χ2v) is 4.52. The van der Waals surface area contributed by atoms with Crippen LogP contribution in [0.3, 0.4) is 0 Å². The highest BCUT2D eigenvalue weighted by molar-refractivity contribution is 9.11. The van der Waals surface area contributed by atoms with E-state index in [1.807, 2.05) is 31.2 Å². The Balaban J connectivity index is 2.34. The molecule has 0 heterocycles. The van der Waals surface area contributed by atoms with Crippen LogP contribution in [0.15, 0.2) is 35.3 Å². The van der Waals surface area contributed by atoms with Crippen LogP contribution in [0.2, 0.25) is 0 Å². The fraction of sp³-hybridized carbons (Fsp3) is 0.250. The highest BCUT2D eigenvalue weighted by atomic mass is 79.9. The van der Waals surface area contributed by atoms with E-state index >= 15 is 0 Å². The van der Waals surface area contributed by atoms with Crippen LogP contribution in [0.5, 0.6) is 5.75 Å². The molecule has 0 saturated heterocycles. The molecular weight excluding hydrogens is 270 g/mol. The fourth-order valence-electron chi connectivity index (χ4n) is 1.10. The molecule has 0 fully saturated rings. The van der Waals surface area contributed by atoms with E-state index < -0.39 is 0 Å². The van der Waals surface area contributed by atoms with Crippen molar-refractivity contribution in [3.05, 3.63) is 40.9 Å². The first-order valence-electron chi connectivity index (χ1n) is 4.87. The maximum Gasteiger partial charge on any atom is 0.258 e. The third-order valence-electron chi connectivity index (χ3n) is 1.84. The molecule has 0 aliphatic rings. The van der Waals surface area contributed by atoms with Gasteiger partial charge >= 0.3 is 0 Å². The van der Waals surface area contributed by atoms with Gasteiger partial charge in [-0.1, -0.05) is 34.6 Å². The van der Waals surface area contributed by atoms with Gasteiger partial charge in [0.1, 0.15) is 5.75 Å². The Bertz CT molecular complexity index is 390. The molecule has 0 bridgehead atoms. The summed E-state index contributed by atoms with van der Waals surface area (Å²) in [4.78, 5) is 11.3. The Hall–Kier alpha value is -1.29. The zero-order valence-corrected chi connectivity index (χ0v) is 10.7. The van der Waals surface area contributed by atoms with Gasteiger partial charge in [-0.05, 0) is 24.6 Å². The quantitative estimate of drug-likeness (QED) is 0.901. The van der Waals surface area contributed by atoms with Gasteiger partial charge in [-0.3, -0.25) is 4.79 Å². The normalized spacial score (nSPS) is 9.62.